The first-order chi connectivity index (χ1) is 13.9. The molecule has 2 rings (SSSR count). The van der Waals surface area contributed by atoms with Gasteiger partial charge in [0.05, 0.1) is 17.7 Å². The predicted octanol–water partition coefficient (Wildman–Crippen LogP) is 2.19. The van der Waals surface area contributed by atoms with Crippen LogP contribution in [-0.4, -0.2) is 36.4 Å². The number of hydrogen-bond acceptors (Lipinski definition) is 6. The van der Waals surface area contributed by atoms with Gasteiger partial charge in [-0.15, -0.1) is 0 Å². The van der Waals surface area contributed by atoms with Crippen molar-refractivity contribution in [3.8, 4) is 11.8 Å². The highest BCUT2D eigenvalue weighted by Gasteiger charge is 2.21. The Bertz CT molecular complexity index is 888. The van der Waals surface area contributed by atoms with Crippen LogP contribution < -0.4 is 10.1 Å². The largest absolute Gasteiger partial charge is 0.479 e. The van der Waals surface area contributed by atoms with Gasteiger partial charge in [0.1, 0.15) is 5.75 Å². The molecule has 2 aromatic rings. The van der Waals surface area contributed by atoms with Crippen LogP contribution in [0.4, 0.5) is 0 Å². The van der Waals surface area contributed by atoms with Crippen molar-refractivity contribution in [2.75, 3.05) is 6.61 Å². The number of nitrogens with one attached hydrogen (secondary N) is 1. The summed E-state index contributed by atoms with van der Waals surface area (Å²) in [4.78, 5) is 35.9. The average molecular weight is 394 g/mol. The fourth-order valence-corrected chi connectivity index (χ4v) is 2.50. The number of ketones is 1. The quantitative estimate of drug-likeness (QED) is 0.654. The molecule has 0 aliphatic rings. The van der Waals surface area contributed by atoms with Crippen molar-refractivity contribution in [2.45, 2.75) is 32.4 Å². The van der Waals surface area contributed by atoms with Gasteiger partial charge in [-0.2, -0.15) is 5.26 Å². The van der Waals surface area contributed by atoms with Crippen LogP contribution >= 0.6 is 0 Å². The minimum atomic E-state index is -0.941. The Kier molecular flexibility index (Phi) is 7.92. The van der Waals surface area contributed by atoms with E-state index in [1.54, 1.807) is 24.3 Å². The SMILES string of the molecule is CC(=O)[C@@H](Cc1ccccc1)NC(=O)COC(=O)[C@H](C)Oc1ccc(C#N)cc1. The van der Waals surface area contributed by atoms with Crippen LogP contribution in [0.5, 0.6) is 5.75 Å². The minimum Gasteiger partial charge on any atom is -0.479 e. The van der Waals surface area contributed by atoms with E-state index in [0.717, 1.165) is 5.56 Å². The van der Waals surface area contributed by atoms with Crippen LogP contribution in [0.2, 0.25) is 0 Å². The van der Waals surface area contributed by atoms with Gasteiger partial charge in [0.2, 0.25) is 0 Å². The summed E-state index contributed by atoms with van der Waals surface area (Å²) in [7, 11) is 0. The summed E-state index contributed by atoms with van der Waals surface area (Å²) < 4.78 is 10.4. The number of benzene rings is 2. The second-order valence-corrected chi connectivity index (χ2v) is 6.42. The summed E-state index contributed by atoms with van der Waals surface area (Å²) in [6.07, 6.45) is -0.586. The first-order valence-corrected chi connectivity index (χ1v) is 9.06. The molecule has 2 atom stereocenters. The van der Waals surface area contributed by atoms with Crippen LogP contribution in [-0.2, 0) is 25.5 Å². The zero-order valence-electron chi connectivity index (χ0n) is 16.3. The molecule has 0 fully saturated rings. The van der Waals surface area contributed by atoms with Gasteiger partial charge < -0.3 is 14.8 Å². The maximum Gasteiger partial charge on any atom is 0.347 e. The van der Waals surface area contributed by atoms with Crippen molar-refractivity contribution in [3.63, 3.8) is 0 Å². The van der Waals surface area contributed by atoms with Crippen LogP contribution in [0, 0.1) is 11.3 Å². The summed E-state index contributed by atoms with van der Waals surface area (Å²) in [5.74, 6) is -1.07. The lowest BCUT2D eigenvalue weighted by atomic mass is 10.0. The molecule has 1 N–H and O–H groups in total. The number of nitriles is 1. The highest BCUT2D eigenvalue weighted by Crippen LogP contribution is 2.14. The van der Waals surface area contributed by atoms with Gasteiger partial charge >= 0.3 is 5.97 Å². The lowest BCUT2D eigenvalue weighted by molar-refractivity contribution is -0.155. The topological polar surface area (TPSA) is 105 Å². The normalized spacial score (nSPS) is 12.2. The molecule has 7 nitrogen and oxygen atoms in total. The molecule has 0 heterocycles. The van der Waals surface area contributed by atoms with Crippen molar-refractivity contribution in [1.82, 2.24) is 5.32 Å². The number of ether oxygens (including phenoxy) is 2. The molecular formula is C22H22N2O5. The minimum absolute atomic E-state index is 0.189. The van der Waals surface area contributed by atoms with Crippen LogP contribution in [0.25, 0.3) is 0 Å². The van der Waals surface area contributed by atoms with Gasteiger partial charge in [0.25, 0.3) is 5.91 Å². The molecule has 0 aromatic heterocycles. The molecular weight excluding hydrogens is 372 g/mol. The maximum absolute atomic E-state index is 12.1. The zero-order valence-corrected chi connectivity index (χ0v) is 16.3. The Morgan fingerprint density at radius 2 is 1.72 bits per heavy atom. The monoisotopic (exact) mass is 394 g/mol. The summed E-state index contributed by atoms with van der Waals surface area (Å²) in [6.45, 7) is 2.37. The first-order valence-electron chi connectivity index (χ1n) is 9.06. The van der Waals surface area contributed by atoms with Gasteiger partial charge in [0.15, 0.2) is 18.5 Å². The van der Waals surface area contributed by atoms with Gasteiger partial charge in [-0.25, -0.2) is 4.79 Å². The Balaban J connectivity index is 1.82. The number of nitrogens with zero attached hydrogens (tertiary/aromatic N) is 1. The van der Waals surface area contributed by atoms with Crippen LogP contribution in [0.15, 0.2) is 54.6 Å². The van der Waals surface area contributed by atoms with Crippen molar-refractivity contribution in [3.05, 3.63) is 65.7 Å². The third-order valence-electron chi connectivity index (χ3n) is 4.08. The second-order valence-electron chi connectivity index (χ2n) is 6.42. The van der Waals surface area contributed by atoms with Gasteiger partial charge in [-0.3, -0.25) is 9.59 Å². The summed E-state index contributed by atoms with van der Waals surface area (Å²) in [5.41, 5.74) is 1.38. The molecule has 0 unspecified atom stereocenters. The Morgan fingerprint density at radius 3 is 2.31 bits per heavy atom. The van der Waals surface area contributed by atoms with Crippen LogP contribution in [0.1, 0.15) is 25.0 Å². The number of rotatable bonds is 9. The van der Waals surface area contributed by atoms with Crippen LogP contribution in [0.3, 0.4) is 0 Å². The van der Waals surface area contributed by atoms with E-state index in [0.29, 0.717) is 17.7 Å². The van der Waals surface area contributed by atoms with E-state index in [4.69, 9.17) is 14.7 Å². The Hall–Kier alpha value is -3.66. The summed E-state index contributed by atoms with van der Waals surface area (Å²) in [6, 6.07) is 16.9. The molecule has 0 bridgehead atoms. The molecule has 7 heteroatoms. The average Bonchev–Trinajstić information content (AvgIpc) is 2.72. The Morgan fingerprint density at radius 1 is 1.07 bits per heavy atom. The highest BCUT2D eigenvalue weighted by molar-refractivity contribution is 5.89. The second kappa shape index (κ2) is 10.6. The summed E-state index contributed by atoms with van der Waals surface area (Å²) >= 11 is 0. The number of carbonyl (C=O) groups is 3. The fraction of sp³-hybridized carbons (Fsp3) is 0.273. The molecule has 0 saturated carbocycles. The number of carbonyl (C=O) groups excluding carboxylic acids is 3. The predicted molar refractivity (Wildman–Crippen MR) is 105 cm³/mol. The third kappa shape index (κ3) is 7.11. The highest BCUT2D eigenvalue weighted by atomic mass is 16.6. The van der Waals surface area contributed by atoms with E-state index in [9.17, 15) is 14.4 Å². The Labute approximate surface area is 169 Å². The molecule has 0 saturated heterocycles. The molecule has 2 aromatic carbocycles. The number of esters is 1. The lowest BCUT2D eigenvalue weighted by Crippen LogP contribution is -2.43. The first kappa shape index (κ1) is 21.6. The zero-order chi connectivity index (χ0) is 21.2. The smallest absolute Gasteiger partial charge is 0.347 e. The van der Waals surface area contributed by atoms with Gasteiger partial charge in [-0.05, 0) is 50.1 Å². The molecule has 1 amide bonds. The standard InChI is InChI=1S/C22H22N2O5/c1-15(25)20(12-17-6-4-3-5-7-17)24-21(26)14-28-22(27)16(2)29-19-10-8-18(13-23)9-11-19/h3-11,16,20H,12,14H2,1-2H3,(H,24,26)/t16-,20+/m0/s1. The number of amides is 1. The van der Waals surface area contributed by atoms with Gasteiger partial charge in [-0.1, -0.05) is 30.3 Å². The fourth-order valence-electron chi connectivity index (χ4n) is 2.50. The van der Waals surface area contributed by atoms with E-state index < -0.39 is 30.6 Å². The van der Waals surface area contributed by atoms with E-state index in [1.807, 2.05) is 36.4 Å². The van der Waals surface area contributed by atoms with Crippen molar-refractivity contribution < 1.29 is 23.9 Å². The molecule has 150 valence electrons. The molecule has 29 heavy (non-hydrogen) atoms. The van der Waals surface area contributed by atoms with Crippen molar-refractivity contribution in [2.24, 2.45) is 0 Å². The number of hydrogen-bond donors (Lipinski definition) is 1. The van der Waals surface area contributed by atoms with Crippen molar-refractivity contribution >= 4 is 17.7 Å². The van der Waals surface area contributed by atoms with E-state index in [-0.39, 0.29) is 5.78 Å². The molecule has 0 aliphatic carbocycles. The lowest BCUT2D eigenvalue weighted by Gasteiger charge is -2.17. The molecule has 0 radical (unpaired) electrons. The van der Waals surface area contributed by atoms with E-state index in [2.05, 4.69) is 5.32 Å². The van der Waals surface area contributed by atoms with Crippen molar-refractivity contribution in [1.29, 1.82) is 5.26 Å². The van der Waals surface area contributed by atoms with E-state index >= 15 is 0 Å². The third-order valence-corrected chi connectivity index (χ3v) is 4.08. The molecule has 0 aliphatic heterocycles. The summed E-state index contributed by atoms with van der Waals surface area (Å²) in [5, 5.41) is 11.4. The number of Topliss-reactive ketones (excluding diaryl/α,β-unsaturated/α-hetero) is 1. The maximum atomic E-state index is 12.1. The molecule has 0 spiro atoms. The van der Waals surface area contributed by atoms with E-state index in [1.165, 1.54) is 13.8 Å². The van der Waals surface area contributed by atoms with Gasteiger partial charge in [0, 0.05) is 0 Å².